The summed E-state index contributed by atoms with van der Waals surface area (Å²) in [6, 6.07) is 14.9. The van der Waals surface area contributed by atoms with Crippen molar-refractivity contribution in [2.24, 2.45) is 5.92 Å². The highest BCUT2D eigenvalue weighted by Gasteiger charge is 2.57. The number of amides is 4. The van der Waals surface area contributed by atoms with E-state index in [0.717, 1.165) is 12.8 Å². The van der Waals surface area contributed by atoms with Crippen LogP contribution >= 0.6 is 23.2 Å². The van der Waals surface area contributed by atoms with E-state index in [0.29, 0.717) is 48.2 Å². The largest absolute Gasteiger partial charge is 0.343 e. The number of carbonyl (C=O) groups is 4. The van der Waals surface area contributed by atoms with Crippen LogP contribution in [0.2, 0.25) is 10.0 Å². The minimum atomic E-state index is -1.42. The number of imidazole rings is 1. The van der Waals surface area contributed by atoms with Crippen LogP contribution in [0.25, 0.3) is 0 Å². The first-order valence-electron chi connectivity index (χ1n) is 16.9. The molecule has 3 aliphatic carbocycles. The Morgan fingerprint density at radius 1 is 0.981 bits per heavy atom. The number of anilines is 3. The van der Waals surface area contributed by atoms with Gasteiger partial charge in [-0.05, 0) is 87.4 Å². The van der Waals surface area contributed by atoms with Crippen molar-refractivity contribution in [1.82, 2.24) is 25.2 Å². The summed E-state index contributed by atoms with van der Waals surface area (Å²) in [6.45, 7) is 1.66. The molecule has 1 atom stereocenters. The van der Waals surface area contributed by atoms with Crippen LogP contribution in [-0.4, -0.2) is 43.7 Å². The van der Waals surface area contributed by atoms with E-state index in [1.54, 1.807) is 49.5 Å². The molecule has 12 nitrogen and oxygen atoms in total. The zero-order valence-electron chi connectivity index (χ0n) is 27.8. The smallest absolute Gasteiger partial charge is 0.270 e. The Morgan fingerprint density at radius 3 is 2.25 bits per heavy atom. The van der Waals surface area contributed by atoms with E-state index in [-0.39, 0.29) is 51.5 Å². The number of pyridine rings is 1. The molecule has 0 unspecified atom stereocenters. The van der Waals surface area contributed by atoms with E-state index >= 15 is 0 Å². The van der Waals surface area contributed by atoms with Gasteiger partial charge in [0.05, 0.1) is 56.7 Å². The number of hydrogen-bond acceptors (Lipinski definition) is 7. The Bertz CT molecular complexity index is 2200. The maximum Gasteiger partial charge on any atom is 0.270 e. The van der Waals surface area contributed by atoms with Crippen molar-refractivity contribution in [1.29, 1.82) is 5.26 Å². The van der Waals surface area contributed by atoms with Gasteiger partial charge >= 0.3 is 0 Å². The van der Waals surface area contributed by atoms with Crippen LogP contribution in [0.15, 0.2) is 60.9 Å². The zero-order valence-corrected chi connectivity index (χ0v) is 29.3. The molecule has 0 saturated heterocycles. The van der Waals surface area contributed by atoms with E-state index in [2.05, 4.69) is 32.0 Å². The van der Waals surface area contributed by atoms with Crippen LogP contribution in [0.1, 0.15) is 72.8 Å². The molecule has 0 bridgehead atoms. The van der Waals surface area contributed by atoms with Crippen LogP contribution < -0.4 is 20.9 Å². The van der Waals surface area contributed by atoms with Crippen molar-refractivity contribution in [2.75, 3.05) is 10.2 Å². The van der Waals surface area contributed by atoms with Gasteiger partial charge < -0.3 is 16.0 Å². The predicted molar refractivity (Wildman–Crippen MR) is 188 cm³/mol. The molecule has 1 aliphatic heterocycles. The lowest BCUT2D eigenvalue weighted by atomic mass is 9.91. The Kier molecular flexibility index (Phi) is 7.89. The number of aromatic nitrogens is 3. The number of halogens is 3. The maximum absolute atomic E-state index is 14.4. The number of fused-ring (bicyclic) bond motifs is 1. The van der Waals surface area contributed by atoms with Gasteiger partial charge in [0.15, 0.2) is 5.82 Å². The standard InChI is InChI=1S/C37H31Cl2FN8O4/c1-35(16-20-2-4-21(17-41)5-3-20)33(52)47(24-14-25(38)29(40)26(39)15-24)34-43-19-27(48(34)35)31(50)45-37(12-13-37)32(51)46-36(10-11-36)28-9-8-23(18-42-28)44-30(49)22-6-7-22/h2-5,8-9,14-15,18-19,22H,6-7,10-13,16H2,1H3,(H,44,49)(H,45,50)(H,46,51)/t35-/m1/s1. The lowest BCUT2D eigenvalue weighted by Crippen LogP contribution is -2.52. The van der Waals surface area contributed by atoms with Crippen molar-refractivity contribution in [2.45, 2.75) is 68.5 Å². The summed E-state index contributed by atoms with van der Waals surface area (Å²) in [4.78, 5) is 64.7. The topological polar surface area (TPSA) is 162 Å². The van der Waals surface area contributed by atoms with Crippen molar-refractivity contribution >= 4 is 64.2 Å². The molecule has 0 spiro atoms. The predicted octanol–water partition coefficient (Wildman–Crippen LogP) is 5.65. The molecule has 2 aromatic carbocycles. The zero-order chi connectivity index (χ0) is 36.6. The minimum absolute atomic E-state index is 0.0184. The fraction of sp³-hybridized carbons (Fsp3) is 0.324. The second kappa shape index (κ2) is 12.1. The number of nitrogens with zero attached hydrogens (tertiary/aromatic N) is 5. The third-order valence-corrected chi connectivity index (χ3v) is 10.9. The minimum Gasteiger partial charge on any atom is -0.343 e. The molecule has 3 N–H and O–H groups in total. The second-order valence-electron chi connectivity index (χ2n) is 14.2. The van der Waals surface area contributed by atoms with E-state index in [9.17, 15) is 28.8 Å². The molecule has 8 rings (SSSR count). The monoisotopic (exact) mass is 740 g/mol. The third kappa shape index (κ3) is 5.76. The van der Waals surface area contributed by atoms with E-state index < -0.39 is 34.2 Å². The quantitative estimate of drug-likeness (QED) is 0.177. The Labute approximate surface area is 307 Å². The van der Waals surface area contributed by atoms with Crippen LogP contribution in [0.5, 0.6) is 0 Å². The van der Waals surface area contributed by atoms with Crippen molar-refractivity contribution in [3.8, 4) is 6.07 Å². The SMILES string of the molecule is C[C@@]1(Cc2ccc(C#N)cc2)C(=O)N(c2cc(Cl)c(F)c(Cl)c2)c2ncc(C(=O)NC3(C(=O)NC4(c5ccc(NC(=O)C6CC6)cn5)CC4)CC3)n21. The van der Waals surface area contributed by atoms with Crippen LogP contribution in [0.4, 0.5) is 21.7 Å². The highest BCUT2D eigenvalue weighted by atomic mass is 35.5. The van der Waals surface area contributed by atoms with Gasteiger partial charge in [-0.15, -0.1) is 0 Å². The van der Waals surface area contributed by atoms with Gasteiger partial charge in [0.25, 0.3) is 11.8 Å². The second-order valence-corrected chi connectivity index (χ2v) is 15.0. The molecule has 4 aliphatic rings. The maximum atomic E-state index is 14.4. The molecule has 0 radical (unpaired) electrons. The number of nitrogens with one attached hydrogen (secondary N) is 3. The molecule has 15 heteroatoms. The summed E-state index contributed by atoms with van der Waals surface area (Å²) in [5.74, 6) is -2.15. The molecule has 3 fully saturated rings. The van der Waals surface area contributed by atoms with Crippen LogP contribution in [-0.2, 0) is 31.9 Å². The number of benzene rings is 2. The number of rotatable bonds is 10. The van der Waals surface area contributed by atoms with Gasteiger partial charge in [0.2, 0.25) is 17.8 Å². The number of nitriles is 1. The van der Waals surface area contributed by atoms with E-state index in [4.69, 9.17) is 23.2 Å². The summed E-state index contributed by atoms with van der Waals surface area (Å²) in [7, 11) is 0. The van der Waals surface area contributed by atoms with Gasteiger partial charge in [-0.25, -0.2) is 14.3 Å². The Balaban J connectivity index is 1.06. The summed E-state index contributed by atoms with van der Waals surface area (Å²) < 4.78 is 15.9. The molecule has 52 heavy (non-hydrogen) atoms. The molecule has 3 saturated carbocycles. The van der Waals surface area contributed by atoms with Gasteiger partial charge in [0, 0.05) is 12.3 Å². The third-order valence-electron chi connectivity index (χ3n) is 10.3. The number of hydrogen-bond donors (Lipinski definition) is 3. The lowest BCUT2D eigenvalue weighted by Gasteiger charge is -2.27. The lowest BCUT2D eigenvalue weighted by molar-refractivity contribution is -0.125. The average Bonchev–Trinajstić information content (AvgIpc) is 4.05. The Morgan fingerprint density at radius 2 is 1.67 bits per heavy atom. The molecule has 264 valence electrons. The van der Waals surface area contributed by atoms with Crippen molar-refractivity contribution in [3.05, 3.63) is 99.3 Å². The van der Waals surface area contributed by atoms with Crippen molar-refractivity contribution < 1.29 is 23.6 Å². The fourth-order valence-corrected chi connectivity index (χ4v) is 7.27. The van der Waals surface area contributed by atoms with Gasteiger partial charge in [-0.2, -0.15) is 5.26 Å². The summed E-state index contributed by atoms with van der Waals surface area (Å²) in [5, 5.41) is 17.6. The Hall–Kier alpha value is -5.32. The first-order chi connectivity index (χ1) is 24.9. The molecule has 2 aromatic heterocycles. The van der Waals surface area contributed by atoms with Crippen LogP contribution in [0.3, 0.4) is 0 Å². The molecule has 3 heterocycles. The first-order valence-corrected chi connectivity index (χ1v) is 17.6. The fourth-order valence-electron chi connectivity index (χ4n) is 6.79. The molecular formula is C37H31Cl2FN8O4. The average molecular weight is 742 g/mol. The highest BCUT2D eigenvalue weighted by molar-refractivity contribution is 6.35. The normalized spacial score (nSPS) is 20.4. The van der Waals surface area contributed by atoms with Gasteiger partial charge in [0.1, 0.15) is 16.8 Å². The van der Waals surface area contributed by atoms with E-state index in [1.807, 2.05) is 0 Å². The highest BCUT2D eigenvalue weighted by Crippen LogP contribution is 2.48. The van der Waals surface area contributed by atoms with Gasteiger partial charge in [-0.1, -0.05) is 35.3 Å². The molecular weight excluding hydrogens is 710 g/mol. The summed E-state index contributed by atoms with van der Waals surface area (Å²) in [6.07, 6.45) is 6.95. The van der Waals surface area contributed by atoms with Crippen LogP contribution in [0, 0.1) is 23.1 Å². The molecule has 4 amide bonds. The number of carbonyl (C=O) groups excluding carboxylic acids is 4. The van der Waals surface area contributed by atoms with E-state index in [1.165, 1.54) is 27.8 Å². The summed E-state index contributed by atoms with van der Waals surface area (Å²) >= 11 is 12.2. The summed E-state index contributed by atoms with van der Waals surface area (Å²) in [5.41, 5.74) is -0.688. The molecule has 4 aromatic rings. The van der Waals surface area contributed by atoms with Gasteiger partial charge in [-0.3, -0.25) is 28.7 Å². The first kappa shape index (κ1) is 33.8. The van der Waals surface area contributed by atoms with Crippen molar-refractivity contribution in [3.63, 3.8) is 0 Å².